The van der Waals surface area contributed by atoms with Crippen molar-refractivity contribution in [3.05, 3.63) is 76.7 Å². The lowest BCUT2D eigenvalue weighted by molar-refractivity contribution is 0.0955. The summed E-state index contributed by atoms with van der Waals surface area (Å²) < 4.78 is 11.4. The van der Waals surface area contributed by atoms with Gasteiger partial charge in [0.15, 0.2) is 0 Å². The predicted octanol–water partition coefficient (Wildman–Crippen LogP) is 5.50. The van der Waals surface area contributed by atoms with Crippen molar-refractivity contribution in [2.75, 3.05) is 11.9 Å². The van der Waals surface area contributed by atoms with Crippen LogP contribution in [-0.2, 0) is 6.42 Å². The third kappa shape index (κ3) is 5.19. The summed E-state index contributed by atoms with van der Waals surface area (Å²) in [5, 5.41) is 22.4. The van der Waals surface area contributed by atoms with Gasteiger partial charge in [0.1, 0.15) is 0 Å². The molecule has 2 aromatic carbocycles. The second kappa shape index (κ2) is 11.1. The molecule has 10 nitrogen and oxygen atoms in total. The molecule has 1 aliphatic carbocycles. The van der Waals surface area contributed by atoms with E-state index in [1.165, 1.54) is 0 Å². The monoisotopic (exact) mass is 540 g/mol. The highest BCUT2D eigenvalue weighted by molar-refractivity contribution is 6.02. The van der Waals surface area contributed by atoms with Gasteiger partial charge in [-0.2, -0.15) is 0 Å². The molecule has 0 bridgehead atoms. The van der Waals surface area contributed by atoms with Crippen LogP contribution >= 0.6 is 0 Å². The van der Waals surface area contributed by atoms with Crippen LogP contribution in [0.15, 0.2) is 45.2 Å². The molecule has 2 fully saturated rings. The third-order valence-electron chi connectivity index (χ3n) is 8.05. The summed E-state index contributed by atoms with van der Waals surface area (Å²) in [7, 11) is 0. The maximum atomic E-state index is 13.0. The highest BCUT2D eigenvalue weighted by Gasteiger charge is 2.26. The Bertz CT molecular complexity index is 1430. The average molecular weight is 541 g/mol. The second-order valence-corrected chi connectivity index (χ2v) is 10.6. The fourth-order valence-electron chi connectivity index (χ4n) is 5.70. The molecule has 4 aromatic rings. The van der Waals surface area contributed by atoms with Crippen molar-refractivity contribution >= 4 is 17.4 Å². The minimum absolute atomic E-state index is 0.00424. The summed E-state index contributed by atoms with van der Waals surface area (Å²) in [6, 6.07) is 11.6. The van der Waals surface area contributed by atoms with Crippen LogP contribution in [-0.4, -0.2) is 38.6 Å². The minimum Gasteiger partial charge on any atom is -0.418 e. The topological polar surface area (TPSA) is 136 Å². The molecule has 1 unspecified atom stereocenters. The van der Waals surface area contributed by atoms with Gasteiger partial charge in [-0.3, -0.25) is 9.59 Å². The van der Waals surface area contributed by atoms with E-state index in [2.05, 4.69) is 31.0 Å². The molecule has 3 heterocycles. The first-order valence-electron chi connectivity index (χ1n) is 13.9. The van der Waals surface area contributed by atoms with Gasteiger partial charge < -0.3 is 19.5 Å². The molecular weight excluding hydrogens is 508 g/mol. The highest BCUT2D eigenvalue weighted by Crippen LogP contribution is 2.34. The number of hydrogen-bond acceptors (Lipinski definition) is 9. The molecule has 1 atom stereocenters. The molecule has 0 spiro atoms. The Morgan fingerprint density at radius 1 is 0.850 bits per heavy atom. The Kier molecular flexibility index (Phi) is 7.25. The third-order valence-corrected chi connectivity index (χ3v) is 8.05. The number of Topliss-reactive ketones (excluding diaryl/α,β-unsaturated/α-hetero) is 1. The molecule has 2 aliphatic rings. The van der Waals surface area contributed by atoms with Crippen LogP contribution in [0.25, 0.3) is 11.1 Å². The number of carbonyl (C=O) groups excluding carboxylic acids is 2. The van der Waals surface area contributed by atoms with E-state index in [0.29, 0.717) is 17.5 Å². The lowest BCUT2D eigenvalue weighted by Crippen LogP contribution is -2.14. The molecule has 0 radical (unpaired) electrons. The molecule has 1 saturated carbocycles. The number of aromatic nitrogens is 4. The highest BCUT2D eigenvalue weighted by atomic mass is 16.4. The van der Waals surface area contributed by atoms with Gasteiger partial charge in [0.25, 0.3) is 5.89 Å². The second-order valence-electron chi connectivity index (χ2n) is 10.6. The summed E-state index contributed by atoms with van der Waals surface area (Å²) >= 11 is 0. The molecule has 2 aromatic heterocycles. The van der Waals surface area contributed by atoms with Crippen LogP contribution in [0.4, 0.5) is 5.69 Å². The quantitative estimate of drug-likeness (QED) is 0.278. The van der Waals surface area contributed by atoms with Crippen molar-refractivity contribution in [1.82, 2.24) is 25.7 Å². The van der Waals surface area contributed by atoms with Crippen molar-refractivity contribution < 1.29 is 18.4 Å². The maximum Gasteiger partial charge on any atom is 0.313 e. The number of anilines is 1. The smallest absolute Gasteiger partial charge is 0.313 e. The molecule has 206 valence electrons. The van der Waals surface area contributed by atoms with Crippen molar-refractivity contribution in [3.63, 3.8) is 0 Å². The van der Waals surface area contributed by atoms with Crippen LogP contribution in [0.3, 0.4) is 0 Å². The average Bonchev–Trinajstić information content (AvgIpc) is 3.77. The predicted molar refractivity (Wildman–Crippen MR) is 147 cm³/mol. The van der Waals surface area contributed by atoms with E-state index in [1.807, 2.05) is 50.2 Å². The zero-order valence-corrected chi connectivity index (χ0v) is 22.7. The van der Waals surface area contributed by atoms with Crippen LogP contribution < -0.4 is 10.6 Å². The SMILES string of the molecule is Cc1c(CC(=O)c2nnc(C3CCCC3)o2)cccc1-c1cccc(NC(=O)c2nnc(C3CCCN3)o2)c1C. The number of amides is 1. The molecule has 1 aliphatic heterocycles. The van der Waals surface area contributed by atoms with Crippen molar-refractivity contribution in [3.8, 4) is 11.1 Å². The summed E-state index contributed by atoms with van der Waals surface area (Å²) in [6.07, 6.45) is 6.48. The molecular formula is C30H32N6O4. The lowest BCUT2D eigenvalue weighted by atomic mass is 9.91. The zero-order chi connectivity index (χ0) is 27.6. The Labute approximate surface area is 232 Å². The minimum atomic E-state index is -0.454. The number of carbonyl (C=O) groups is 2. The Balaban J connectivity index is 1.19. The number of benzene rings is 2. The first-order valence-corrected chi connectivity index (χ1v) is 13.9. The molecule has 40 heavy (non-hydrogen) atoms. The Morgan fingerprint density at radius 2 is 1.55 bits per heavy atom. The van der Waals surface area contributed by atoms with E-state index < -0.39 is 5.91 Å². The van der Waals surface area contributed by atoms with Crippen molar-refractivity contribution in [2.24, 2.45) is 0 Å². The standard InChI is InChI=1S/C30H32N6O4/c1-17-20(16-25(37)29-35-33-27(39-29)19-8-3-4-9-19)10-5-11-21(17)22-12-6-13-23(18(22)2)32-26(38)30-36-34-28(40-30)24-14-7-15-31-24/h5-6,10-13,19,24,31H,3-4,7-9,14-16H2,1-2H3,(H,32,38). The number of nitrogens with zero attached hydrogens (tertiary/aromatic N) is 4. The molecule has 6 rings (SSSR count). The number of hydrogen-bond donors (Lipinski definition) is 2. The van der Waals surface area contributed by atoms with Crippen molar-refractivity contribution in [1.29, 1.82) is 0 Å². The van der Waals surface area contributed by atoms with Crippen LogP contribution in [0.2, 0.25) is 0 Å². The fourth-order valence-corrected chi connectivity index (χ4v) is 5.70. The first kappa shape index (κ1) is 26.1. The summed E-state index contributed by atoms with van der Waals surface area (Å²) in [6.45, 7) is 4.85. The van der Waals surface area contributed by atoms with E-state index in [-0.39, 0.29) is 35.9 Å². The van der Waals surface area contributed by atoms with Gasteiger partial charge in [0, 0.05) is 18.0 Å². The normalized spacial score (nSPS) is 17.4. The van der Waals surface area contributed by atoms with E-state index in [0.717, 1.165) is 72.9 Å². The first-order chi connectivity index (χ1) is 19.5. The summed E-state index contributed by atoms with van der Waals surface area (Å²) in [4.78, 5) is 26.0. The Hall–Kier alpha value is -4.18. The van der Waals surface area contributed by atoms with Crippen LogP contribution in [0.1, 0.15) is 100 Å². The van der Waals surface area contributed by atoms with Gasteiger partial charge in [-0.05, 0) is 80.0 Å². The number of rotatable bonds is 8. The van der Waals surface area contributed by atoms with Gasteiger partial charge in [0.05, 0.1) is 6.04 Å². The largest absolute Gasteiger partial charge is 0.418 e. The summed E-state index contributed by atoms with van der Waals surface area (Å²) in [5.74, 6) is 0.632. The van der Waals surface area contributed by atoms with E-state index >= 15 is 0 Å². The van der Waals surface area contributed by atoms with E-state index in [1.54, 1.807) is 0 Å². The van der Waals surface area contributed by atoms with Gasteiger partial charge in [-0.15, -0.1) is 20.4 Å². The number of nitrogens with one attached hydrogen (secondary N) is 2. The molecule has 10 heteroatoms. The molecule has 2 N–H and O–H groups in total. The molecule has 1 amide bonds. The lowest BCUT2D eigenvalue weighted by Gasteiger charge is -2.15. The molecule has 1 saturated heterocycles. The zero-order valence-electron chi connectivity index (χ0n) is 22.7. The van der Waals surface area contributed by atoms with Gasteiger partial charge in [-0.1, -0.05) is 43.2 Å². The van der Waals surface area contributed by atoms with Crippen LogP contribution in [0.5, 0.6) is 0 Å². The van der Waals surface area contributed by atoms with Gasteiger partial charge in [-0.25, -0.2) is 0 Å². The fraction of sp³-hybridized carbons (Fsp3) is 0.400. The van der Waals surface area contributed by atoms with E-state index in [4.69, 9.17) is 8.83 Å². The Morgan fingerprint density at radius 3 is 2.33 bits per heavy atom. The van der Waals surface area contributed by atoms with Gasteiger partial charge >= 0.3 is 11.8 Å². The summed E-state index contributed by atoms with van der Waals surface area (Å²) in [5.41, 5.74) is 5.32. The van der Waals surface area contributed by atoms with Gasteiger partial charge in [0.2, 0.25) is 17.6 Å². The van der Waals surface area contributed by atoms with Crippen molar-refractivity contribution in [2.45, 2.75) is 70.8 Å². The van der Waals surface area contributed by atoms with Crippen LogP contribution in [0, 0.1) is 13.8 Å². The van der Waals surface area contributed by atoms with E-state index in [9.17, 15) is 9.59 Å². The number of ketones is 1. The maximum absolute atomic E-state index is 13.0.